The third-order valence-corrected chi connectivity index (χ3v) is 4.99. The molecule has 2 aromatic carbocycles. The number of hydrogen-bond donors (Lipinski definition) is 1. The monoisotopic (exact) mass is 382 g/mol. The van der Waals surface area contributed by atoms with E-state index < -0.39 is 0 Å². The highest BCUT2D eigenvalue weighted by molar-refractivity contribution is 7.13. The summed E-state index contributed by atoms with van der Waals surface area (Å²) in [6.45, 7) is 0. The summed E-state index contributed by atoms with van der Waals surface area (Å²) in [5, 5.41) is 5.86. The van der Waals surface area contributed by atoms with Crippen molar-refractivity contribution in [3.8, 4) is 22.1 Å². The van der Waals surface area contributed by atoms with Gasteiger partial charge in [0.25, 0.3) is 0 Å². The fourth-order valence-electron chi connectivity index (χ4n) is 2.77. The van der Waals surface area contributed by atoms with Crippen molar-refractivity contribution in [2.75, 3.05) is 19.5 Å². The van der Waals surface area contributed by atoms with Crippen LogP contribution in [0.4, 0.5) is 5.69 Å². The van der Waals surface area contributed by atoms with Gasteiger partial charge in [0.1, 0.15) is 5.01 Å². The molecular formula is C21H22N2O3S. The summed E-state index contributed by atoms with van der Waals surface area (Å²) in [5.74, 6) is 1.43. The quantitative estimate of drug-likeness (QED) is 0.609. The Morgan fingerprint density at radius 3 is 2.52 bits per heavy atom. The standard InChI is InChI=1S/C21H22N2O3S/c1-25-18-11-6-15(14-19(18)26-2)4-3-5-20(24)23-17-9-7-16(8-10-17)21-22-12-13-27-21/h6-14H,3-5H2,1-2H3,(H,23,24). The number of hydrogen-bond acceptors (Lipinski definition) is 5. The van der Waals surface area contributed by atoms with Crippen LogP contribution in [0, 0.1) is 0 Å². The van der Waals surface area contributed by atoms with Crippen molar-refractivity contribution in [1.82, 2.24) is 4.98 Å². The fourth-order valence-corrected chi connectivity index (χ4v) is 3.42. The molecule has 5 nitrogen and oxygen atoms in total. The zero-order chi connectivity index (χ0) is 19.1. The maximum absolute atomic E-state index is 12.2. The normalized spacial score (nSPS) is 10.4. The Balaban J connectivity index is 1.48. The van der Waals surface area contributed by atoms with Gasteiger partial charge in [-0.05, 0) is 54.8 Å². The lowest BCUT2D eigenvalue weighted by Crippen LogP contribution is -2.11. The lowest BCUT2D eigenvalue weighted by atomic mass is 10.1. The summed E-state index contributed by atoms with van der Waals surface area (Å²) in [6, 6.07) is 13.6. The van der Waals surface area contributed by atoms with E-state index in [1.54, 1.807) is 31.8 Å². The molecule has 1 N–H and O–H groups in total. The molecule has 0 bridgehead atoms. The number of carbonyl (C=O) groups excluding carboxylic acids is 1. The van der Waals surface area contributed by atoms with Gasteiger partial charge in [-0.2, -0.15) is 0 Å². The zero-order valence-electron chi connectivity index (χ0n) is 15.4. The Labute approximate surface area is 163 Å². The predicted octanol–water partition coefficient (Wildman–Crippen LogP) is 4.79. The van der Waals surface area contributed by atoms with Crippen LogP contribution in [0.3, 0.4) is 0 Å². The maximum Gasteiger partial charge on any atom is 0.224 e. The zero-order valence-corrected chi connectivity index (χ0v) is 16.2. The van der Waals surface area contributed by atoms with Gasteiger partial charge in [0.05, 0.1) is 14.2 Å². The second-order valence-corrected chi connectivity index (χ2v) is 6.90. The highest BCUT2D eigenvalue weighted by Gasteiger charge is 2.07. The smallest absolute Gasteiger partial charge is 0.224 e. The molecule has 0 aliphatic heterocycles. The summed E-state index contributed by atoms with van der Waals surface area (Å²) in [4.78, 5) is 16.5. The SMILES string of the molecule is COc1ccc(CCCC(=O)Nc2ccc(-c3nccs3)cc2)cc1OC. The molecule has 0 aliphatic carbocycles. The van der Waals surface area contributed by atoms with Gasteiger partial charge in [0, 0.05) is 29.2 Å². The van der Waals surface area contributed by atoms with Crippen molar-refractivity contribution in [3.05, 3.63) is 59.6 Å². The second-order valence-electron chi connectivity index (χ2n) is 6.01. The largest absolute Gasteiger partial charge is 0.493 e. The van der Waals surface area contributed by atoms with Gasteiger partial charge in [0.15, 0.2) is 11.5 Å². The minimum Gasteiger partial charge on any atom is -0.493 e. The van der Waals surface area contributed by atoms with Gasteiger partial charge >= 0.3 is 0 Å². The Morgan fingerprint density at radius 2 is 1.85 bits per heavy atom. The van der Waals surface area contributed by atoms with Gasteiger partial charge in [-0.1, -0.05) is 6.07 Å². The van der Waals surface area contributed by atoms with Crippen LogP contribution in [-0.4, -0.2) is 25.1 Å². The number of nitrogens with zero attached hydrogens (tertiary/aromatic N) is 1. The Kier molecular flexibility index (Phi) is 6.44. The molecule has 0 radical (unpaired) electrons. The van der Waals surface area contributed by atoms with E-state index in [4.69, 9.17) is 9.47 Å². The molecule has 0 saturated heterocycles. The average Bonchev–Trinajstić information content (AvgIpc) is 3.23. The summed E-state index contributed by atoms with van der Waals surface area (Å²) >= 11 is 1.59. The Morgan fingerprint density at radius 1 is 1.07 bits per heavy atom. The number of benzene rings is 2. The van der Waals surface area contributed by atoms with Gasteiger partial charge in [-0.15, -0.1) is 11.3 Å². The van der Waals surface area contributed by atoms with Crippen LogP contribution in [0.5, 0.6) is 11.5 Å². The van der Waals surface area contributed by atoms with Crippen molar-refractivity contribution < 1.29 is 14.3 Å². The molecule has 0 atom stereocenters. The first kappa shape index (κ1) is 18.9. The molecule has 0 saturated carbocycles. The molecule has 0 spiro atoms. The number of aryl methyl sites for hydroxylation is 1. The molecule has 1 heterocycles. The number of nitrogens with one attached hydrogen (secondary N) is 1. The van der Waals surface area contributed by atoms with E-state index in [2.05, 4.69) is 10.3 Å². The highest BCUT2D eigenvalue weighted by atomic mass is 32.1. The summed E-state index contributed by atoms with van der Waals surface area (Å²) < 4.78 is 10.6. The third kappa shape index (κ3) is 5.08. The minimum absolute atomic E-state index is 0.0116. The van der Waals surface area contributed by atoms with E-state index >= 15 is 0 Å². The van der Waals surface area contributed by atoms with Crippen LogP contribution in [-0.2, 0) is 11.2 Å². The molecule has 3 aromatic rings. The fraction of sp³-hybridized carbons (Fsp3) is 0.238. The molecule has 0 fully saturated rings. The van der Waals surface area contributed by atoms with Crippen LogP contribution in [0.2, 0.25) is 0 Å². The maximum atomic E-state index is 12.2. The number of rotatable bonds is 8. The van der Waals surface area contributed by atoms with Crippen molar-refractivity contribution in [2.45, 2.75) is 19.3 Å². The number of thiazole rings is 1. The first-order valence-corrected chi connectivity index (χ1v) is 9.58. The van der Waals surface area contributed by atoms with Crippen molar-refractivity contribution in [2.24, 2.45) is 0 Å². The van der Waals surface area contributed by atoms with Crippen molar-refractivity contribution in [1.29, 1.82) is 0 Å². The van der Waals surface area contributed by atoms with Gasteiger partial charge in [0.2, 0.25) is 5.91 Å². The van der Waals surface area contributed by atoms with Crippen LogP contribution >= 0.6 is 11.3 Å². The van der Waals surface area contributed by atoms with E-state index in [-0.39, 0.29) is 5.91 Å². The molecule has 3 rings (SSSR count). The highest BCUT2D eigenvalue weighted by Crippen LogP contribution is 2.28. The lowest BCUT2D eigenvalue weighted by Gasteiger charge is -2.10. The van der Waals surface area contributed by atoms with Gasteiger partial charge in [-0.3, -0.25) is 4.79 Å². The third-order valence-electron chi connectivity index (χ3n) is 4.17. The van der Waals surface area contributed by atoms with E-state index in [0.717, 1.165) is 34.7 Å². The Hall–Kier alpha value is -2.86. The number of aromatic nitrogens is 1. The topological polar surface area (TPSA) is 60.5 Å². The summed E-state index contributed by atoms with van der Waals surface area (Å²) in [5.41, 5.74) is 2.97. The van der Waals surface area contributed by atoms with Gasteiger partial charge in [-0.25, -0.2) is 4.98 Å². The molecule has 0 aliphatic rings. The molecule has 1 amide bonds. The first-order valence-electron chi connectivity index (χ1n) is 8.70. The van der Waals surface area contributed by atoms with Crippen LogP contribution in [0.25, 0.3) is 10.6 Å². The molecule has 0 unspecified atom stereocenters. The van der Waals surface area contributed by atoms with Crippen LogP contribution in [0.15, 0.2) is 54.0 Å². The minimum atomic E-state index is 0.0116. The van der Waals surface area contributed by atoms with Crippen LogP contribution < -0.4 is 14.8 Å². The lowest BCUT2D eigenvalue weighted by molar-refractivity contribution is -0.116. The first-order chi connectivity index (χ1) is 13.2. The molecule has 27 heavy (non-hydrogen) atoms. The molecule has 140 valence electrons. The molecule has 1 aromatic heterocycles. The van der Waals surface area contributed by atoms with E-state index in [0.29, 0.717) is 17.9 Å². The number of anilines is 1. The van der Waals surface area contributed by atoms with E-state index in [1.807, 2.05) is 47.8 Å². The Bertz CT molecular complexity index is 877. The second kappa shape index (κ2) is 9.19. The average molecular weight is 382 g/mol. The summed E-state index contributed by atoms with van der Waals surface area (Å²) in [6.07, 6.45) is 3.81. The number of amides is 1. The van der Waals surface area contributed by atoms with Gasteiger partial charge < -0.3 is 14.8 Å². The van der Waals surface area contributed by atoms with Crippen molar-refractivity contribution >= 4 is 22.9 Å². The molecule has 6 heteroatoms. The number of ether oxygens (including phenoxy) is 2. The van der Waals surface area contributed by atoms with E-state index in [9.17, 15) is 4.79 Å². The number of methoxy groups -OCH3 is 2. The van der Waals surface area contributed by atoms with E-state index in [1.165, 1.54) is 0 Å². The number of carbonyl (C=O) groups is 1. The van der Waals surface area contributed by atoms with Crippen molar-refractivity contribution in [3.63, 3.8) is 0 Å². The molecular weight excluding hydrogens is 360 g/mol. The van der Waals surface area contributed by atoms with Crippen LogP contribution in [0.1, 0.15) is 18.4 Å². The predicted molar refractivity (Wildman–Crippen MR) is 109 cm³/mol. The summed E-state index contributed by atoms with van der Waals surface area (Å²) in [7, 11) is 3.24.